The van der Waals surface area contributed by atoms with E-state index in [1.54, 1.807) is 0 Å². The molecule has 5 heteroatoms. The molecule has 0 aromatic heterocycles. The van der Waals surface area contributed by atoms with Crippen molar-refractivity contribution in [3.63, 3.8) is 0 Å². The van der Waals surface area contributed by atoms with E-state index in [1.807, 2.05) is 35.2 Å². The summed E-state index contributed by atoms with van der Waals surface area (Å²) in [7, 11) is 0. The molecule has 5 nitrogen and oxygen atoms in total. The number of piperazine rings is 1. The zero-order valence-electron chi connectivity index (χ0n) is 15.7. The van der Waals surface area contributed by atoms with Crippen molar-refractivity contribution >= 4 is 6.09 Å². The van der Waals surface area contributed by atoms with E-state index in [2.05, 4.69) is 10.2 Å². The van der Waals surface area contributed by atoms with Crippen LogP contribution in [0.3, 0.4) is 0 Å². The van der Waals surface area contributed by atoms with E-state index < -0.39 is 0 Å². The van der Waals surface area contributed by atoms with Crippen LogP contribution in [0.2, 0.25) is 0 Å². The standard InChI is InChI=1S/C21H31N3O2/c25-20(26-15-19-4-2-1-3-5-19)24-12-10-23(11-13-24)14-18-6-8-21(9-7-18)16-22-17-21/h1-5,18,22H,6-17H2. The average molecular weight is 357 g/mol. The molecule has 142 valence electrons. The third kappa shape index (κ3) is 4.21. The van der Waals surface area contributed by atoms with Gasteiger partial charge in [-0.3, -0.25) is 4.90 Å². The van der Waals surface area contributed by atoms with Crippen LogP contribution >= 0.6 is 0 Å². The number of rotatable bonds is 4. The van der Waals surface area contributed by atoms with E-state index in [1.165, 1.54) is 45.3 Å². The number of amides is 1. The first-order valence-electron chi connectivity index (χ1n) is 10.1. The highest BCUT2D eigenvalue weighted by molar-refractivity contribution is 5.67. The highest BCUT2D eigenvalue weighted by atomic mass is 16.6. The summed E-state index contributed by atoms with van der Waals surface area (Å²) in [5.41, 5.74) is 1.69. The lowest BCUT2D eigenvalue weighted by molar-refractivity contribution is 0.0478. The molecule has 0 bridgehead atoms. The van der Waals surface area contributed by atoms with Gasteiger partial charge in [-0.05, 0) is 42.6 Å². The second-order valence-electron chi connectivity index (χ2n) is 8.37. The molecule has 1 aromatic carbocycles. The largest absolute Gasteiger partial charge is 0.445 e. The summed E-state index contributed by atoms with van der Waals surface area (Å²) < 4.78 is 5.46. The monoisotopic (exact) mass is 357 g/mol. The molecule has 1 spiro atoms. The van der Waals surface area contributed by atoms with Crippen LogP contribution in [0, 0.1) is 11.3 Å². The van der Waals surface area contributed by atoms with Gasteiger partial charge in [-0.2, -0.15) is 0 Å². The van der Waals surface area contributed by atoms with Gasteiger partial charge in [-0.1, -0.05) is 30.3 Å². The molecule has 1 saturated carbocycles. The number of hydrogen-bond acceptors (Lipinski definition) is 4. The Kier molecular flexibility index (Phi) is 5.46. The molecule has 2 heterocycles. The number of nitrogens with one attached hydrogen (secondary N) is 1. The third-order valence-corrected chi connectivity index (χ3v) is 6.52. The van der Waals surface area contributed by atoms with Gasteiger partial charge < -0.3 is 15.0 Å². The molecule has 0 radical (unpaired) electrons. The summed E-state index contributed by atoms with van der Waals surface area (Å²) in [6.45, 7) is 7.57. The van der Waals surface area contributed by atoms with Crippen molar-refractivity contribution in [1.82, 2.24) is 15.1 Å². The molecule has 0 atom stereocenters. The molecule has 3 aliphatic rings. The Morgan fingerprint density at radius 3 is 2.38 bits per heavy atom. The van der Waals surface area contributed by atoms with E-state index in [9.17, 15) is 4.79 Å². The Labute approximate surface area is 156 Å². The van der Waals surface area contributed by atoms with E-state index in [0.717, 1.165) is 37.7 Å². The Morgan fingerprint density at radius 1 is 1.08 bits per heavy atom. The molecule has 1 N–H and O–H groups in total. The molecule has 4 rings (SSSR count). The summed E-state index contributed by atoms with van der Waals surface area (Å²) in [5.74, 6) is 0.845. The van der Waals surface area contributed by atoms with E-state index >= 15 is 0 Å². The fourth-order valence-electron chi connectivity index (χ4n) is 4.59. The highest BCUT2D eigenvalue weighted by Gasteiger charge is 2.40. The number of hydrogen-bond donors (Lipinski definition) is 1. The van der Waals surface area contributed by atoms with Crippen LogP contribution in [0.5, 0.6) is 0 Å². The van der Waals surface area contributed by atoms with Crippen molar-refractivity contribution in [2.45, 2.75) is 32.3 Å². The molecule has 26 heavy (non-hydrogen) atoms. The van der Waals surface area contributed by atoms with Gasteiger partial charge in [0.15, 0.2) is 0 Å². The molecule has 2 saturated heterocycles. The molecular formula is C21H31N3O2. The van der Waals surface area contributed by atoms with Crippen LogP contribution in [-0.2, 0) is 11.3 Å². The quantitative estimate of drug-likeness (QED) is 0.900. The third-order valence-electron chi connectivity index (χ3n) is 6.52. The Hall–Kier alpha value is -1.59. The van der Waals surface area contributed by atoms with Crippen LogP contribution in [-0.4, -0.2) is 61.7 Å². The number of nitrogens with zero attached hydrogens (tertiary/aromatic N) is 2. The van der Waals surface area contributed by atoms with Crippen molar-refractivity contribution in [3.05, 3.63) is 35.9 Å². The van der Waals surface area contributed by atoms with Crippen LogP contribution in [0.25, 0.3) is 0 Å². The topological polar surface area (TPSA) is 44.8 Å². The maximum Gasteiger partial charge on any atom is 0.410 e. The van der Waals surface area contributed by atoms with Crippen LogP contribution in [0.15, 0.2) is 30.3 Å². The Morgan fingerprint density at radius 2 is 1.77 bits per heavy atom. The maximum absolute atomic E-state index is 12.3. The second-order valence-corrected chi connectivity index (χ2v) is 8.37. The fourth-order valence-corrected chi connectivity index (χ4v) is 4.59. The SMILES string of the molecule is O=C(OCc1ccccc1)N1CCN(CC2CCC3(CC2)CNC3)CC1. The van der Waals surface area contributed by atoms with Crippen molar-refractivity contribution in [2.75, 3.05) is 45.8 Å². The first-order valence-corrected chi connectivity index (χ1v) is 10.1. The molecule has 1 aliphatic carbocycles. The molecule has 0 unspecified atom stereocenters. The predicted octanol–water partition coefficient (Wildman–Crippen LogP) is 2.72. The Bertz CT molecular complexity index is 585. The first kappa shape index (κ1) is 17.8. The minimum Gasteiger partial charge on any atom is -0.445 e. The van der Waals surface area contributed by atoms with Crippen LogP contribution < -0.4 is 5.32 Å². The lowest BCUT2D eigenvalue weighted by Crippen LogP contribution is -2.55. The van der Waals surface area contributed by atoms with Gasteiger partial charge in [0.05, 0.1) is 0 Å². The van der Waals surface area contributed by atoms with Gasteiger partial charge in [0, 0.05) is 45.8 Å². The lowest BCUT2D eigenvalue weighted by Gasteiger charge is -2.48. The second kappa shape index (κ2) is 7.97. The minimum absolute atomic E-state index is 0.175. The van der Waals surface area contributed by atoms with Gasteiger partial charge >= 0.3 is 6.09 Å². The first-order chi connectivity index (χ1) is 12.7. The van der Waals surface area contributed by atoms with Gasteiger partial charge in [-0.25, -0.2) is 4.79 Å². The molecule has 3 fully saturated rings. The maximum atomic E-state index is 12.3. The number of carbonyl (C=O) groups excluding carboxylic acids is 1. The highest BCUT2D eigenvalue weighted by Crippen LogP contribution is 2.41. The van der Waals surface area contributed by atoms with Crippen LogP contribution in [0.1, 0.15) is 31.2 Å². The smallest absolute Gasteiger partial charge is 0.410 e. The van der Waals surface area contributed by atoms with Gasteiger partial charge in [0.1, 0.15) is 6.61 Å². The molecule has 1 aromatic rings. The fraction of sp³-hybridized carbons (Fsp3) is 0.667. The van der Waals surface area contributed by atoms with Crippen LogP contribution in [0.4, 0.5) is 4.79 Å². The number of ether oxygens (including phenoxy) is 1. The Balaban J connectivity index is 1.15. The molecule has 2 aliphatic heterocycles. The zero-order chi connectivity index (χ0) is 17.8. The van der Waals surface area contributed by atoms with E-state index in [4.69, 9.17) is 4.74 Å². The summed E-state index contributed by atoms with van der Waals surface area (Å²) >= 11 is 0. The average Bonchev–Trinajstić information content (AvgIpc) is 2.67. The van der Waals surface area contributed by atoms with Gasteiger partial charge in [-0.15, -0.1) is 0 Å². The normalized spacial score (nSPS) is 23.6. The van der Waals surface area contributed by atoms with Crippen molar-refractivity contribution in [1.29, 1.82) is 0 Å². The summed E-state index contributed by atoms with van der Waals surface area (Å²) in [6, 6.07) is 9.88. The molecular weight excluding hydrogens is 326 g/mol. The lowest BCUT2D eigenvalue weighted by atomic mass is 9.67. The molecule has 1 amide bonds. The minimum atomic E-state index is -0.175. The van der Waals surface area contributed by atoms with Crippen molar-refractivity contribution < 1.29 is 9.53 Å². The van der Waals surface area contributed by atoms with Gasteiger partial charge in [0.2, 0.25) is 0 Å². The zero-order valence-corrected chi connectivity index (χ0v) is 15.7. The van der Waals surface area contributed by atoms with Crippen molar-refractivity contribution in [2.24, 2.45) is 11.3 Å². The summed E-state index contributed by atoms with van der Waals surface area (Å²) in [6.07, 6.45) is 5.38. The van der Waals surface area contributed by atoms with Crippen molar-refractivity contribution in [3.8, 4) is 0 Å². The number of benzene rings is 1. The van der Waals surface area contributed by atoms with E-state index in [-0.39, 0.29) is 6.09 Å². The number of carbonyl (C=O) groups is 1. The summed E-state index contributed by atoms with van der Waals surface area (Å²) in [4.78, 5) is 16.7. The predicted molar refractivity (Wildman–Crippen MR) is 102 cm³/mol. The van der Waals surface area contributed by atoms with E-state index in [0.29, 0.717) is 12.0 Å². The van der Waals surface area contributed by atoms with Gasteiger partial charge in [0.25, 0.3) is 0 Å². The summed E-state index contributed by atoms with van der Waals surface area (Å²) in [5, 5.41) is 3.44.